The molecule has 0 fully saturated rings. The summed E-state index contributed by atoms with van der Waals surface area (Å²) in [6.07, 6.45) is -6.70. The molecule has 0 aliphatic heterocycles. The number of hydrogen-bond acceptors (Lipinski definition) is 5. The lowest BCUT2D eigenvalue weighted by Crippen LogP contribution is -2.52. The maximum Gasteiger partial charge on any atom is 0.573 e. The lowest BCUT2D eigenvalue weighted by Gasteiger charge is -2.21. The van der Waals surface area contributed by atoms with Gasteiger partial charge in [0, 0.05) is 12.5 Å². The van der Waals surface area contributed by atoms with Gasteiger partial charge < -0.3 is 26.0 Å². The summed E-state index contributed by atoms with van der Waals surface area (Å²) in [5.41, 5.74) is 6.82. The fraction of sp³-hybridized carbons (Fsp3) is 0.300. The standard InChI is InChI=1S/C20H21F3N2O5/c21-20(22,23)30-14-8-4-7-13(9-14)11-16(19(28)29)25-18(27)17(26)15(24)10-12-5-2-1-3-6-12/h1-9,15-17,26H,10-11,24H2,(H,25,27)(H,28,29)/t15-,16+,17+/m1/s1. The summed E-state index contributed by atoms with van der Waals surface area (Å²) in [4.78, 5) is 23.8. The molecule has 162 valence electrons. The summed E-state index contributed by atoms with van der Waals surface area (Å²) < 4.78 is 40.8. The first-order chi connectivity index (χ1) is 14.0. The number of amides is 1. The van der Waals surface area contributed by atoms with Gasteiger partial charge in [0.2, 0.25) is 0 Å². The summed E-state index contributed by atoms with van der Waals surface area (Å²) >= 11 is 0. The van der Waals surface area contributed by atoms with Gasteiger partial charge in [0.1, 0.15) is 17.9 Å². The van der Waals surface area contributed by atoms with Crippen molar-refractivity contribution in [2.24, 2.45) is 5.73 Å². The van der Waals surface area contributed by atoms with Crippen molar-refractivity contribution in [3.8, 4) is 5.75 Å². The predicted molar refractivity (Wildman–Crippen MR) is 101 cm³/mol. The summed E-state index contributed by atoms with van der Waals surface area (Å²) in [7, 11) is 0. The lowest BCUT2D eigenvalue weighted by atomic mass is 10.0. The molecular formula is C20H21F3N2O5. The number of benzene rings is 2. The Kier molecular flexibility index (Phi) is 7.79. The molecule has 0 heterocycles. The van der Waals surface area contributed by atoms with Crippen LogP contribution in [0.4, 0.5) is 13.2 Å². The minimum Gasteiger partial charge on any atom is -0.480 e. The molecule has 0 saturated heterocycles. The van der Waals surface area contributed by atoms with Crippen LogP contribution in [0.1, 0.15) is 11.1 Å². The number of rotatable bonds is 9. The first kappa shape index (κ1) is 23.2. The molecule has 10 heteroatoms. The summed E-state index contributed by atoms with van der Waals surface area (Å²) in [5.74, 6) is -2.93. The van der Waals surface area contributed by atoms with Crippen LogP contribution in [-0.4, -0.2) is 46.6 Å². The molecule has 0 aliphatic carbocycles. The Morgan fingerprint density at radius 2 is 1.67 bits per heavy atom. The van der Waals surface area contributed by atoms with Gasteiger partial charge in [-0.25, -0.2) is 4.79 Å². The van der Waals surface area contributed by atoms with Gasteiger partial charge in [-0.15, -0.1) is 13.2 Å². The van der Waals surface area contributed by atoms with Crippen molar-refractivity contribution >= 4 is 11.9 Å². The monoisotopic (exact) mass is 426 g/mol. The summed E-state index contributed by atoms with van der Waals surface area (Å²) in [6, 6.07) is 11.1. The Balaban J connectivity index is 2.02. The number of aliphatic hydroxyl groups excluding tert-OH is 1. The lowest BCUT2D eigenvalue weighted by molar-refractivity contribution is -0.274. The van der Waals surface area contributed by atoms with Gasteiger partial charge in [0.05, 0.1) is 0 Å². The van der Waals surface area contributed by atoms with Crippen LogP contribution in [-0.2, 0) is 22.4 Å². The van der Waals surface area contributed by atoms with Crippen LogP contribution in [0.15, 0.2) is 54.6 Å². The molecule has 2 aromatic rings. The second kappa shape index (κ2) is 10.1. The van der Waals surface area contributed by atoms with Crippen LogP contribution >= 0.6 is 0 Å². The van der Waals surface area contributed by atoms with Crippen LogP contribution in [0.2, 0.25) is 0 Å². The van der Waals surface area contributed by atoms with Gasteiger partial charge in [-0.05, 0) is 29.7 Å². The molecule has 0 saturated carbocycles. The number of aliphatic hydroxyl groups is 1. The van der Waals surface area contributed by atoms with Crippen molar-refractivity contribution < 1.29 is 37.7 Å². The Labute approximate surface area is 170 Å². The average molecular weight is 426 g/mol. The normalized spacial score (nSPS) is 14.4. The van der Waals surface area contributed by atoms with Crippen molar-refractivity contribution in [2.45, 2.75) is 37.4 Å². The second-order valence-corrected chi connectivity index (χ2v) is 6.60. The van der Waals surface area contributed by atoms with Crippen LogP contribution in [0, 0.1) is 0 Å². The van der Waals surface area contributed by atoms with E-state index < -0.39 is 42.2 Å². The molecule has 0 aliphatic rings. The van der Waals surface area contributed by atoms with Crippen LogP contribution in [0.3, 0.4) is 0 Å². The largest absolute Gasteiger partial charge is 0.573 e. The quantitative estimate of drug-likeness (QED) is 0.484. The molecule has 3 atom stereocenters. The number of hydrogen-bond donors (Lipinski definition) is 4. The number of nitrogens with one attached hydrogen (secondary N) is 1. The molecule has 30 heavy (non-hydrogen) atoms. The minimum atomic E-state index is -4.89. The van der Waals surface area contributed by atoms with Gasteiger partial charge in [-0.1, -0.05) is 42.5 Å². The highest BCUT2D eigenvalue weighted by Gasteiger charge is 2.31. The van der Waals surface area contributed by atoms with Gasteiger partial charge in [-0.2, -0.15) is 0 Å². The topological polar surface area (TPSA) is 122 Å². The fourth-order valence-electron chi connectivity index (χ4n) is 2.75. The Morgan fingerprint density at radius 1 is 1.03 bits per heavy atom. The van der Waals surface area contributed by atoms with E-state index in [0.29, 0.717) is 0 Å². The zero-order valence-electron chi connectivity index (χ0n) is 15.7. The molecule has 0 spiro atoms. The van der Waals surface area contributed by atoms with Crippen molar-refractivity contribution in [3.63, 3.8) is 0 Å². The minimum absolute atomic E-state index is 0.185. The number of nitrogens with two attached hydrogens (primary N) is 1. The third kappa shape index (κ3) is 7.37. The first-order valence-corrected chi connectivity index (χ1v) is 8.90. The Morgan fingerprint density at radius 3 is 2.27 bits per heavy atom. The third-order valence-corrected chi connectivity index (χ3v) is 4.17. The molecule has 2 rings (SSSR count). The number of halogens is 3. The van der Waals surface area contributed by atoms with Gasteiger partial charge >= 0.3 is 12.3 Å². The van der Waals surface area contributed by atoms with Crippen LogP contribution in [0.25, 0.3) is 0 Å². The Bertz CT molecular complexity index is 861. The van der Waals surface area contributed by atoms with E-state index in [0.717, 1.165) is 17.7 Å². The molecule has 0 radical (unpaired) electrons. The maximum absolute atomic E-state index is 12.3. The number of ether oxygens (including phenoxy) is 1. The molecule has 0 aromatic heterocycles. The van der Waals surface area contributed by atoms with E-state index in [1.807, 2.05) is 0 Å². The zero-order chi connectivity index (χ0) is 22.3. The number of carboxylic acid groups (broad SMARTS) is 1. The number of carboxylic acids is 1. The van der Waals surface area contributed by atoms with Gasteiger partial charge in [0.25, 0.3) is 5.91 Å². The zero-order valence-corrected chi connectivity index (χ0v) is 15.7. The SMILES string of the molecule is N[C@H](Cc1ccccc1)[C@H](O)C(=O)N[C@@H](Cc1cccc(OC(F)(F)F)c1)C(=O)O. The van der Waals surface area contributed by atoms with Crippen LogP contribution < -0.4 is 15.8 Å². The molecule has 1 amide bonds. The molecule has 0 unspecified atom stereocenters. The van der Waals surface area contributed by atoms with E-state index in [1.54, 1.807) is 30.3 Å². The fourth-order valence-corrected chi connectivity index (χ4v) is 2.75. The predicted octanol–water partition coefficient (Wildman–Crippen LogP) is 1.63. The molecule has 5 N–H and O–H groups in total. The smallest absolute Gasteiger partial charge is 0.480 e. The number of alkyl halides is 3. The van der Waals surface area contributed by atoms with E-state index in [2.05, 4.69) is 10.1 Å². The number of carbonyl (C=O) groups excluding carboxylic acids is 1. The van der Waals surface area contributed by atoms with Crippen molar-refractivity contribution in [2.75, 3.05) is 0 Å². The number of aliphatic carboxylic acids is 1. The molecule has 7 nitrogen and oxygen atoms in total. The van der Waals surface area contributed by atoms with Gasteiger partial charge in [-0.3, -0.25) is 4.79 Å². The van der Waals surface area contributed by atoms with Crippen LogP contribution in [0.5, 0.6) is 5.75 Å². The highest BCUT2D eigenvalue weighted by atomic mass is 19.4. The van der Waals surface area contributed by atoms with E-state index in [1.165, 1.54) is 12.1 Å². The maximum atomic E-state index is 12.3. The van der Waals surface area contributed by atoms with Crippen molar-refractivity contribution in [1.29, 1.82) is 0 Å². The third-order valence-electron chi connectivity index (χ3n) is 4.17. The van der Waals surface area contributed by atoms with Gasteiger partial charge in [0.15, 0.2) is 0 Å². The Hall–Kier alpha value is -3.11. The molecule has 2 aromatic carbocycles. The van der Waals surface area contributed by atoms with E-state index in [-0.39, 0.29) is 18.4 Å². The van der Waals surface area contributed by atoms with E-state index >= 15 is 0 Å². The summed E-state index contributed by atoms with van der Waals surface area (Å²) in [6.45, 7) is 0. The second-order valence-electron chi connectivity index (χ2n) is 6.60. The highest BCUT2D eigenvalue weighted by molar-refractivity contribution is 5.86. The van der Waals surface area contributed by atoms with E-state index in [9.17, 15) is 33.0 Å². The van der Waals surface area contributed by atoms with E-state index in [4.69, 9.17) is 5.73 Å². The van der Waals surface area contributed by atoms with Crippen molar-refractivity contribution in [1.82, 2.24) is 5.32 Å². The first-order valence-electron chi connectivity index (χ1n) is 8.90. The molecule has 0 bridgehead atoms. The highest BCUT2D eigenvalue weighted by Crippen LogP contribution is 2.23. The summed E-state index contributed by atoms with van der Waals surface area (Å²) in [5, 5.41) is 21.7. The molecular weight excluding hydrogens is 405 g/mol. The number of carbonyl (C=O) groups is 2. The van der Waals surface area contributed by atoms with Crippen molar-refractivity contribution in [3.05, 3.63) is 65.7 Å². The average Bonchev–Trinajstić information content (AvgIpc) is 2.66.